The highest BCUT2D eigenvalue weighted by molar-refractivity contribution is 5.83. The van der Waals surface area contributed by atoms with Gasteiger partial charge in [0.1, 0.15) is 6.04 Å². The van der Waals surface area contributed by atoms with Crippen molar-refractivity contribution in [3.63, 3.8) is 0 Å². The van der Waals surface area contributed by atoms with Crippen molar-refractivity contribution in [3.8, 4) is 0 Å². The van der Waals surface area contributed by atoms with Gasteiger partial charge in [0.05, 0.1) is 0 Å². The van der Waals surface area contributed by atoms with Crippen LogP contribution in [0.3, 0.4) is 0 Å². The van der Waals surface area contributed by atoms with E-state index in [1.165, 1.54) is 4.90 Å². The van der Waals surface area contributed by atoms with E-state index in [1.807, 2.05) is 30.3 Å². The highest BCUT2D eigenvalue weighted by Crippen LogP contribution is 2.11. The number of benzene rings is 1. The van der Waals surface area contributed by atoms with E-state index in [4.69, 9.17) is 0 Å². The molecule has 1 atom stereocenters. The number of carboxylic acid groups (broad SMARTS) is 1. The Morgan fingerprint density at radius 2 is 1.85 bits per heavy atom. The molecule has 4 heteroatoms. The second-order valence-electron chi connectivity index (χ2n) is 5.01. The molecule has 0 heterocycles. The predicted molar refractivity (Wildman–Crippen MR) is 78.5 cm³/mol. The van der Waals surface area contributed by atoms with E-state index in [1.54, 1.807) is 7.05 Å². The first kappa shape index (κ1) is 16.2. The van der Waals surface area contributed by atoms with Crippen molar-refractivity contribution in [2.75, 3.05) is 7.05 Å². The van der Waals surface area contributed by atoms with E-state index < -0.39 is 12.0 Å². The summed E-state index contributed by atoms with van der Waals surface area (Å²) in [7, 11) is 1.58. The predicted octanol–water partition coefficient (Wildman–Crippen LogP) is 2.72. The maximum atomic E-state index is 12.0. The summed E-state index contributed by atoms with van der Waals surface area (Å²) < 4.78 is 0. The van der Waals surface area contributed by atoms with Crippen LogP contribution in [0.4, 0.5) is 0 Å². The quantitative estimate of drug-likeness (QED) is 0.743. The summed E-state index contributed by atoms with van der Waals surface area (Å²) in [5.74, 6) is -1.05. The van der Waals surface area contributed by atoms with Gasteiger partial charge in [-0.2, -0.15) is 0 Å². The highest BCUT2D eigenvalue weighted by Gasteiger charge is 2.26. The first-order chi connectivity index (χ1) is 9.56. The minimum atomic E-state index is -0.958. The fraction of sp³-hybridized carbons (Fsp3) is 0.500. The normalized spacial score (nSPS) is 11.9. The van der Waals surface area contributed by atoms with Gasteiger partial charge in [0.25, 0.3) is 0 Å². The Kier molecular flexibility index (Phi) is 6.77. The molecule has 0 radical (unpaired) electrons. The summed E-state index contributed by atoms with van der Waals surface area (Å²) in [6.45, 7) is 2.07. The molecule has 0 fully saturated rings. The average Bonchev–Trinajstić information content (AvgIpc) is 2.45. The van der Waals surface area contributed by atoms with Crippen molar-refractivity contribution in [1.82, 2.24) is 4.90 Å². The molecule has 1 amide bonds. The molecule has 20 heavy (non-hydrogen) atoms. The summed E-state index contributed by atoms with van der Waals surface area (Å²) in [6.07, 6.45) is 3.62. The van der Waals surface area contributed by atoms with Crippen molar-refractivity contribution < 1.29 is 14.7 Å². The standard InChI is InChI=1S/C16H23NO3/c1-3-4-6-11-15(18)17(2)14(16(19)20)12-13-9-7-5-8-10-13/h5,7-10,14H,3-4,6,11-12H2,1-2H3,(H,19,20). The molecule has 0 aliphatic carbocycles. The second kappa shape index (κ2) is 8.35. The summed E-state index contributed by atoms with van der Waals surface area (Å²) in [4.78, 5) is 24.8. The molecule has 4 nitrogen and oxygen atoms in total. The lowest BCUT2D eigenvalue weighted by atomic mass is 10.0. The van der Waals surface area contributed by atoms with Crippen LogP contribution in [0, 0.1) is 0 Å². The van der Waals surface area contributed by atoms with Crippen molar-refractivity contribution in [3.05, 3.63) is 35.9 Å². The van der Waals surface area contributed by atoms with Crippen LogP contribution in [0.5, 0.6) is 0 Å². The second-order valence-corrected chi connectivity index (χ2v) is 5.01. The summed E-state index contributed by atoms with van der Waals surface area (Å²) in [5, 5.41) is 9.33. The molecule has 0 aromatic heterocycles. The van der Waals surface area contributed by atoms with E-state index >= 15 is 0 Å². The zero-order valence-corrected chi connectivity index (χ0v) is 12.2. The average molecular weight is 277 g/mol. The number of carboxylic acids is 1. The van der Waals surface area contributed by atoms with Gasteiger partial charge in [0.2, 0.25) is 5.91 Å². The SMILES string of the molecule is CCCCCC(=O)N(C)C(Cc1ccccc1)C(=O)O. The van der Waals surface area contributed by atoms with Crippen LogP contribution in [0.2, 0.25) is 0 Å². The number of unbranched alkanes of at least 4 members (excludes halogenated alkanes) is 2. The number of amides is 1. The van der Waals surface area contributed by atoms with Crippen molar-refractivity contribution in [1.29, 1.82) is 0 Å². The highest BCUT2D eigenvalue weighted by atomic mass is 16.4. The minimum Gasteiger partial charge on any atom is -0.480 e. The van der Waals surface area contributed by atoms with E-state index in [2.05, 4.69) is 6.92 Å². The van der Waals surface area contributed by atoms with Crippen LogP contribution in [-0.4, -0.2) is 35.0 Å². The first-order valence-electron chi connectivity index (χ1n) is 7.08. The Balaban J connectivity index is 2.65. The summed E-state index contributed by atoms with van der Waals surface area (Å²) in [5.41, 5.74) is 0.924. The molecule has 1 unspecified atom stereocenters. The van der Waals surface area contributed by atoms with E-state index in [0.717, 1.165) is 24.8 Å². The molecule has 1 aromatic rings. The van der Waals surface area contributed by atoms with Crippen LogP contribution < -0.4 is 0 Å². The van der Waals surface area contributed by atoms with Gasteiger partial charge in [-0.1, -0.05) is 50.1 Å². The third-order valence-corrected chi connectivity index (χ3v) is 3.41. The van der Waals surface area contributed by atoms with Crippen LogP contribution >= 0.6 is 0 Å². The van der Waals surface area contributed by atoms with Gasteiger partial charge in [-0.25, -0.2) is 4.79 Å². The van der Waals surface area contributed by atoms with E-state index in [9.17, 15) is 14.7 Å². The van der Waals surface area contributed by atoms with Gasteiger partial charge in [-0.05, 0) is 12.0 Å². The molecule has 0 aliphatic heterocycles. The Hall–Kier alpha value is -1.84. The van der Waals surface area contributed by atoms with Gasteiger partial charge in [-0.15, -0.1) is 0 Å². The van der Waals surface area contributed by atoms with Gasteiger partial charge in [0, 0.05) is 19.9 Å². The first-order valence-corrected chi connectivity index (χ1v) is 7.08. The molecule has 0 aliphatic rings. The number of rotatable bonds is 8. The Labute approximate surface area is 120 Å². The zero-order chi connectivity index (χ0) is 15.0. The van der Waals surface area contributed by atoms with Gasteiger partial charge in [0.15, 0.2) is 0 Å². The molecular weight excluding hydrogens is 254 g/mol. The van der Waals surface area contributed by atoms with Crippen LogP contribution in [-0.2, 0) is 16.0 Å². The van der Waals surface area contributed by atoms with Crippen LogP contribution in [0.15, 0.2) is 30.3 Å². The number of carbonyl (C=O) groups is 2. The number of nitrogens with zero attached hydrogens (tertiary/aromatic N) is 1. The maximum absolute atomic E-state index is 12.0. The Morgan fingerprint density at radius 3 is 2.40 bits per heavy atom. The smallest absolute Gasteiger partial charge is 0.326 e. The fourth-order valence-corrected chi connectivity index (χ4v) is 2.10. The number of hydrogen-bond acceptors (Lipinski definition) is 2. The number of hydrogen-bond donors (Lipinski definition) is 1. The molecule has 0 bridgehead atoms. The Bertz CT molecular complexity index is 431. The van der Waals surface area contributed by atoms with Crippen molar-refractivity contribution in [2.45, 2.75) is 45.1 Å². The van der Waals surface area contributed by atoms with Crippen LogP contribution in [0.1, 0.15) is 38.2 Å². The molecule has 1 aromatic carbocycles. The van der Waals surface area contributed by atoms with Gasteiger partial charge >= 0.3 is 5.97 Å². The summed E-state index contributed by atoms with van der Waals surface area (Å²) >= 11 is 0. The lowest BCUT2D eigenvalue weighted by Gasteiger charge is -2.25. The third kappa shape index (κ3) is 5.03. The number of likely N-dealkylation sites (N-methyl/N-ethyl adjacent to an activating group) is 1. The zero-order valence-electron chi connectivity index (χ0n) is 12.2. The maximum Gasteiger partial charge on any atom is 0.326 e. The summed E-state index contributed by atoms with van der Waals surface area (Å²) in [6, 6.07) is 8.59. The minimum absolute atomic E-state index is 0.0956. The monoisotopic (exact) mass is 277 g/mol. The molecular formula is C16H23NO3. The topological polar surface area (TPSA) is 57.6 Å². The molecule has 0 saturated heterocycles. The van der Waals surface area contributed by atoms with Gasteiger partial charge < -0.3 is 10.0 Å². The third-order valence-electron chi connectivity index (χ3n) is 3.41. The van der Waals surface area contributed by atoms with E-state index in [0.29, 0.717) is 12.8 Å². The largest absolute Gasteiger partial charge is 0.480 e. The number of carbonyl (C=O) groups excluding carboxylic acids is 1. The van der Waals surface area contributed by atoms with E-state index in [-0.39, 0.29) is 5.91 Å². The lowest BCUT2D eigenvalue weighted by Crippen LogP contribution is -2.43. The van der Waals surface area contributed by atoms with Gasteiger partial charge in [-0.3, -0.25) is 4.79 Å². The lowest BCUT2D eigenvalue weighted by molar-refractivity contribution is -0.149. The molecule has 0 saturated carbocycles. The Morgan fingerprint density at radius 1 is 1.20 bits per heavy atom. The fourth-order valence-electron chi connectivity index (χ4n) is 2.10. The molecule has 110 valence electrons. The molecule has 1 N–H and O–H groups in total. The van der Waals surface area contributed by atoms with Crippen molar-refractivity contribution >= 4 is 11.9 Å². The van der Waals surface area contributed by atoms with Crippen LogP contribution in [0.25, 0.3) is 0 Å². The molecule has 0 spiro atoms. The molecule has 1 rings (SSSR count). The van der Waals surface area contributed by atoms with Crippen molar-refractivity contribution in [2.24, 2.45) is 0 Å². The number of aliphatic carboxylic acids is 1.